The van der Waals surface area contributed by atoms with Gasteiger partial charge >= 0.3 is 6.09 Å². The largest absolute Gasteiger partial charge is 0.465 e. The lowest BCUT2D eigenvalue weighted by molar-refractivity contribution is -0.0214. The van der Waals surface area contributed by atoms with E-state index in [-0.39, 0.29) is 43.2 Å². The molecule has 8 nitrogen and oxygen atoms in total. The number of ether oxygens (including phenoxy) is 1. The second-order valence-corrected chi connectivity index (χ2v) is 7.83. The Morgan fingerprint density at radius 1 is 1.30 bits per heavy atom. The molecule has 1 saturated heterocycles. The molecule has 4 rings (SSSR count). The monoisotopic (exact) mass is 482 g/mol. The first-order valence-electron chi connectivity index (χ1n) is 9.87. The molecule has 0 aliphatic carbocycles. The van der Waals surface area contributed by atoms with E-state index in [0.717, 1.165) is 0 Å². The zero-order chi connectivity index (χ0) is 23.9. The Kier molecular flexibility index (Phi) is 6.17. The second-order valence-electron chi connectivity index (χ2n) is 7.39. The number of pyridine rings is 1. The predicted octanol–water partition coefficient (Wildman–Crippen LogP) is 3.35. The highest BCUT2D eigenvalue weighted by Gasteiger charge is 2.30. The van der Waals surface area contributed by atoms with E-state index in [4.69, 9.17) is 16.3 Å². The van der Waals surface area contributed by atoms with E-state index in [9.17, 15) is 19.1 Å². The number of carbonyl (C=O) groups excluding carboxylic acids is 1. The third-order valence-electron chi connectivity index (χ3n) is 5.38. The summed E-state index contributed by atoms with van der Waals surface area (Å²) in [5.74, 6) is -5.25. The number of nitrogens with zero attached hydrogens (tertiary/aromatic N) is 3. The molecule has 174 valence electrons. The van der Waals surface area contributed by atoms with E-state index in [1.165, 1.54) is 34.7 Å². The van der Waals surface area contributed by atoms with Crippen LogP contribution >= 0.6 is 11.6 Å². The lowest BCUT2D eigenvalue weighted by Crippen LogP contribution is -2.45. The number of carbonyl (C=O) groups is 2. The molecule has 3 heterocycles. The van der Waals surface area contributed by atoms with Gasteiger partial charge < -0.3 is 24.5 Å². The second kappa shape index (κ2) is 8.91. The maximum absolute atomic E-state index is 15.1. The number of amides is 2. The van der Waals surface area contributed by atoms with Crippen LogP contribution in [0.25, 0.3) is 16.9 Å². The SMILES string of the molecule is CNC(=O)c1cc(F)c(-c2nc3cc(Cl)ccn3c2CC2CN(C(=O)O)CCO2)c(F)c1F. The van der Waals surface area contributed by atoms with Crippen molar-refractivity contribution in [2.45, 2.75) is 12.5 Å². The molecule has 2 N–H and O–H groups in total. The number of rotatable bonds is 4. The fourth-order valence-corrected chi connectivity index (χ4v) is 3.96. The Hall–Kier alpha value is -3.31. The number of hydrogen-bond donors (Lipinski definition) is 2. The zero-order valence-corrected chi connectivity index (χ0v) is 18.0. The minimum Gasteiger partial charge on any atom is -0.465 e. The highest BCUT2D eigenvalue weighted by atomic mass is 35.5. The average Bonchev–Trinajstić information content (AvgIpc) is 3.12. The van der Waals surface area contributed by atoms with Crippen molar-refractivity contribution < 1.29 is 32.6 Å². The van der Waals surface area contributed by atoms with Crippen LogP contribution in [0.4, 0.5) is 18.0 Å². The molecule has 0 bridgehead atoms. The van der Waals surface area contributed by atoms with Gasteiger partial charge in [-0.15, -0.1) is 0 Å². The Bertz CT molecular complexity index is 1270. The number of nitrogens with one attached hydrogen (secondary N) is 1. The van der Waals surface area contributed by atoms with Gasteiger partial charge in [-0.25, -0.2) is 22.9 Å². The number of halogens is 4. The number of carboxylic acid groups (broad SMARTS) is 1. The molecule has 0 spiro atoms. The Morgan fingerprint density at radius 3 is 2.76 bits per heavy atom. The van der Waals surface area contributed by atoms with E-state index in [0.29, 0.717) is 11.1 Å². The molecule has 0 radical (unpaired) electrons. The van der Waals surface area contributed by atoms with Crippen molar-refractivity contribution in [3.05, 3.63) is 58.1 Å². The average molecular weight is 483 g/mol. The van der Waals surface area contributed by atoms with Gasteiger partial charge in [0, 0.05) is 37.3 Å². The Balaban J connectivity index is 1.86. The third-order valence-corrected chi connectivity index (χ3v) is 5.62. The van der Waals surface area contributed by atoms with Gasteiger partial charge in [0.05, 0.1) is 41.8 Å². The van der Waals surface area contributed by atoms with Gasteiger partial charge in [-0.2, -0.15) is 0 Å². The Morgan fingerprint density at radius 2 is 2.06 bits per heavy atom. The highest BCUT2D eigenvalue weighted by Crippen LogP contribution is 2.34. The summed E-state index contributed by atoms with van der Waals surface area (Å²) in [4.78, 5) is 28.6. The van der Waals surface area contributed by atoms with Crippen LogP contribution in [-0.4, -0.2) is 64.2 Å². The summed E-state index contributed by atoms with van der Waals surface area (Å²) < 4.78 is 51.9. The van der Waals surface area contributed by atoms with Crippen molar-refractivity contribution in [3.8, 4) is 11.3 Å². The number of imidazole rings is 1. The molecule has 3 aromatic rings. The number of morpholine rings is 1. The van der Waals surface area contributed by atoms with Crippen LogP contribution in [0.15, 0.2) is 24.4 Å². The molecule has 1 aromatic carbocycles. The van der Waals surface area contributed by atoms with Crippen molar-refractivity contribution >= 4 is 29.2 Å². The smallest absolute Gasteiger partial charge is 0.407 e. The first-order valence-corrected chi connectivity index (χ1v) is 10.2. The summed E-state index contributed by atoms with van der Waals surface area (Å²) in [6.07, 6.45) is -0.186. The number of hydrogen-bond acceptors (Lipinski definition) is 4. The van der Waals surface area contributed by atoms with E-state index in [1.54, 1.807) is 0 Å². The lowest BCUT2D eigenvalue weighted by atomic mass is 10.0. The van der Waals surface area contributed by atoms with Crippen molar-refractivity contribution in [2.24, 2.45) is 0 Å². The molecule has 0 saturated carbocycles. The Labute approximate surface area is 190 Å². The molecule has 1 unspecified atom stereocenters. The topological polar surface area (TPSA) is 96.2 Å². The highest BCUT2D eigenvalue weighted by molar-refractivity contribution is 6.30. The van der Waals surface area contributed by atoms with Gasteiger partial charge in [0.25, 0.3) is 5.91 Å². The molecular formula is C21H18ClF3N4O4. The zero-order valence-electron chi connectivity index (χ0n) is 17.2. The number of aromatic nitrogens is 2. The molecule has 1 aliphatic rings. The molecule has 2 aromatic heterocycles. The fourth-order valence-electron chi connectivity index (χ4n) is 3.81. The van der Waals surface area contributed by atoms with Gasteiger partial charge in [-0.3, -0.25) is 4.79 Å². The van der Waals surface area contributed by atoms with Crippen LogP contribution in [-0.2, 0) is 11.2 Å². The molecule has 33 heavy (non-hydrogen) atoms. The minimum absolute atomic E-state index is 0.0274. The van der Waals surface area contributed by atoms with Gasteiger partial charge in [0.15, 0.2) is 11.6 Å². The standard InChI is InChI=1S/C21H18ClF3N4O4/c1-26-20(30)12-8-13(23)16(18(25)17(12)24)19-14(29-3-2-10(22)6-15(29)27-19)7-11-9-28(21(31)32)4-5-33-11/h2-3,6,8,11H,4-5,7,9H2,1H3,(H,26,30)(H,31,32). The van der Waals surface area contributed by atoms with Crippen molar-refractivity contribution in [1.82, 2.24) is 19.6 Å². The van der Waals surface area contributed by atoms with E-state index in [1.807, 2.05) is 0 Å². The molecule has 1 fully saturated rings. The van der Waals surface area contributed by atoms with Crippen LogP contribution in [0.1, 0.15) is 16.1 Å². The van der Waals surface area contributed by atoms with Crippen LogP contribution in [0, 0.1) is 17.5 Å². The molecule has 12 heteroatoms. The fraction of sp³-hybridized carbons (Fsp3) is 0.286. The van der Waals surface area contributed by atoms with Crippen molar-refractivity contribution in [1.29, 1.82) is 0 Å². The van der Waals surface area contributed by atoms with Gasteiger partial charge in [0.1, 0.15) is 11.5 Å². The maximum atomic E-state index is 15.1. The van der Waals surface area contributed by atoms with Gasteiger partial charge in [0.2, 0.25) is 0 Å². The molecule has 2 amide bonds. The predicted molar refractivity (Wildman–Crippen MR) is 112 cm³/mol. The third kappa shape index (κ3) is 4.21. The number of fused-ring (bicyclic) bond motifs is 1. The quantitative estimate of drug-likeness (QED) is 0.556. The summed E-state index contributed by atoms with van der Waals surface area (Å²) in [5, 5.41) is 11.7. The van der Waals surface area contributed by atoms with Crippen LogP contribution < -0.4 is 5.32 Å². The van der Waals surface area contributed by atoms with Crippen LogP contribution in [0.5, 0.6) is 0 Å². The van der Waals surface area contributed by atoms with Crippen molar-refractivity contribution in [3.63, 3.8) is 0 Å². The summed E-state index contributed by atoms with van der Waals surface area (Å²) in [6.45, 7) is 0.369. The summed E-state index contributed by atoms with van der Waals surface area (Å²) in [5.41, 5.74) is -1.22. The molecule has 1 atom stereocenters. The normalized spacial score (nSPS) is 16.3. The maximum Gasteiger partial charge on any atom is 0.407 e. The van der Waals surface area contributed by atoms with E-state index >= 15 is 8.78 Å². The van der Waals surface area contributed by atoms with Crippen LogP contribution in [0.3, 0.4) is 0 Å². The molecular weight excluding hydrogens is 465 g/mol. The number of benzene rings is 1. The lowest BCUT2D eigenvalue weighted by Gasteiger charge is -2.31. The van der Waals surface area contributed by atoms with Crippen molar-refractivity contribution in [2.75, 3.05) is 26.7 Å². The first-order chi connectivity index (χ1) is 15.7. The van der Waals surface area contributed by atoms with E-state index in [2.05, 4.69) is 10.3 Å². The van der Waals surface area contributed by atoms with Gasteiger partial charge in [-0.1, -0.05) is 11.6 Å². The minimum atomic E-state index is -1.57. The molecule has 1 aliphatic heterocycles. The van der Waals surface area contributed by atoms with E-state index < -0.39 is 46.7 Å². The van der Waals surface area contributed by atoms with Crippen LogP contribution in [0.2, 0.25) is 5.02 Å². The summed E-state index contributed by atoms with van der Waals surface area (Å²) >= 11 is 6.03. The summed E-state index contributed by atoms with van der Waals surface area (Å²) in [6, 6.07) is 3.61. The first kappa shape index (κ1) is 22.9. The van der Waals surface area contributed by atoms with Gasteiger partial charge in [-0.05, 0) is 12.1 Å². The summed E-state index contributed by atoms with van der Waals surface area (Å²) in [7, 11) is 1.21.